The summed E-state index contributed by atoms with van der Waals surface area (Å²) in [5.41, 5.74) is 3.65. The molecule has 2 heterocycles. The molecular formula is C17H18N2O2. The van der Waals surface area contributed by atoms with Crippen LogP contribution in [0.25, 0.3) is 0 Å². The molecule has 0 radical (unpaired) electrons. The van der Waals surface area contributed by atoms with E-state index in [-0.39, 0.29) is 23.7 Å². The van der Waals surface area contributed by atoms with Gasteiger partial charge in [0.1, 0.15) is 0 Å². The van der Waals surface area contributed by atoms with Gasteiger partial charge in [-0.25, -0.2) is 0 Å². The molecule has 108 valence electrons. The van der Waals surface area contributed by atoms with Gasteiger partial charge in [-0.05, 0) is 29.5 Å². The lowest BCUT2D eigenvalue weighted by Crippen LogP contribution is -2.30. The summed E-state index contributed by atoms with van der Waals surface area (Å²) < 4.78 is 0. The maximum atomic E-state index is 12.4. The van der Waals surface area contributed by atoms with Gasteiger partial charge in [-0.15, -0.1) is 0 Å². The van der Waals surface area contributed by atoms with Crippen LogP contribution in [0.2, 0.25) is 0 Å². The van der Waals surface area contributed by atoms with Crippen LogP contribution in [0.15, 0.2) is 30.4 Å². The smallest absolute Gasteiger partial charge is 0.233 e. The molecule has 0 spiro atoms. The van der Waals surface area contributed by atoms with Gasteiger partial charge in [-0.3, -0.25) is 14.5 Å². The van der Waals surface area contributed by atoms with E-state index in [0.717, 1.165) is 18.7 Å². The SMILES string of the molecule is O=C1[C@H]2CC=CC[C@H]2C(=O)N1Cc1ccc2c(c1)CNC2. The van der Waals surface area contributed by atoms with Crippen molar-refractivity contribution < 1.29 is 9.59 Å². The van der Waals surface area contributed by atoms with E-state index >= 15 is 0 Å². The quantitative estimate of drug-likeness (QED) is 0.664. The first kappa shape index (κ1) is 12.8. The Kier molecular flexibility index (Phi) is 2.93. The van der Waals surface area contributed by atoms with Crippen molar-refractivity contribution in [3.05, 3.63) is 47.0 Å². The van der Waals surface area contributed by atoms with Crippen molar-refractivity contribution in [2.24, 2.45) is 11.8 Å². The van der Waals surface area contributed by atoms with Crippen LogP contribution >= 0.6 is 0 Å². The lowest BCUT2D eigenvalue weighted by molar-refractivity contribution is -0.140. The molecule has 0 bridgehead atoms. The number of benzene rings is 1. The van der Waals surface area contributed by atoms with Crippen LogP contribution in [0.5, 0.6) is 0 Å². The van der Waals surface area contributed by atoms with Crippen molar-refractivity contribution in [2.75, 3.05) is 0 Å². The summed E-state index contributed by atoms with van der Waals surface area (Å²) >= 11 is 0. The third-order valence-electron chi connectivity index (χ3n) is 4.84. The number of likely N-dealkylation sites (tertiary alicyclic amines) is 1. The van der Waals surface area contributed by atoms with Gasteiger partial charge in [-0.1, -0.05) is 30.4 Å². The zero-order valence-corrected chi connectivity index (χ0v) is 11.8. The highest BCUT2D eigenvalue weighted by Crippen LogP contribution is 2.35. The highest BCUT2D eigenvalue weighted by atomic mass is 16.2. The van der Waals surface area contributed by atoms with Crippen molar-refractivity contribution in [3.8, 4) is 0 Å². The molecule has 21 heavy (non-hydrogen) atoms. The summed E-state index contributed by atoms with van der Waals surface area (Å²) in [5.74, 6) is -0.238. The van der Waals surface area contributed by atoms with E-state index in [1.54, 1.807) is 0 Å². The van der Waals surface area contributed by atoms with Gasteiger partial charge in [0.25, 0.3) is 0 Å². The van der Waals surface area contributed by atoms with Gasteiger partial charge < -0.3 is 5.32 Å². The van der Waals surface area contributed by atoms with Crippen molar-refractivity contribution >= 4 is 11.8 Å². The highest BCUT2D eigenvalue weighted by molar-refractivity contribution is 6.05. The predicted octanol–water partition coefficient (Wildman–Crippen LogP) is 1.74. The molecule has 1 fully saturated rings. The fraction of sp³-hybridized carbons (Fsp3) is 0.412. The molecule has 0 aromatic heterocycles. The second-order valence-electron chi connectivity index (χ2n) is 6.13. The second-order valence-corrected chi connectivity index (χ2v) is 6.13. The lowest BCUT2D eigenvalue weighted by Gasteiger charge is -2.15. The standard InChI is InChI=1S/C17H18N2O2/c20-16-14-3-1-2-4-15(14)17(21)19(16)10-11-5-6-12-8-18-9-13(12)7-11/h1-2,5-7,14-15,18H,3-4,8-10H2/t14-,15+. The van der Waals surface area contributed by atoms with Crippen molar-refractivity contribution in [1.29, 1.82) is 0 Å². The summed E-state index contributed by atoms with van der Waals surface area (Å²) in [5, 5.41) is 3.31. The number of hydrogen-bond donors (Lipinski definition) is 1. The van der Waals surface area contributed by atoms with Crippen molar-refractivity contribution in [2.45, 2.75) is 32.5 Å². The molecule has 1 aliphatic carbocycles. The van der Waals surface area contributed by atoms with Crippen molar-refractivity contribution in [3.63, 3.8) is 0 Å². The molecule has 1 aromatic rings. The molecule has 2 amide bonds. The molecule has 4 rings (SSSR count). The first-order chi connectivity index (χ1) is 10.2. The Hall–Kier alpha value is -1.94. The third-order valence-corrected chi connectivity index (χ3v) is 4.84. The Labute approximate surface area is 123 Å². The highest BCUT2D eigenvalue weighted by Gasteiger charge is 2.46. The first-order valence-corrected chi connectivity index (χ1v) is 7.55. The second kappa shape index (κ2) is 4.81. The minimum absolute atomic E-state index is 0.00738. The largest absolute Gasteiger partial charge is 0.309 e. The molecule has 2 atom stereocenters. The monoisotopic (exact) mass is 282 g/mol. The molecule has 0 unspecified atom stereocenters. The summed E-state index contributed by atoms with van der Waals surface area (Å²) in [6.07, 6.45) is 5.47. The Morgan fingerprint density at radius 2 is 1.67 bits per heavy atom. The van der Waals surface area contributed by atoms with Gasteiger partial charge in [0.05, 0.1) is 18.4 Å². The average molecular weight is 282 g/mol. The number of carbonyl (C=O) groups excluding carboxylic acids is 2. The van der Waals surface area contributed by atoms with Crippen LogP contribution in [-0.2, 0) is 29.2 Å². The average Bonchev–Trinajstić information content (AvgIpc) is 3.06. The number of allylic oxidation sites excluding steroid dienone is 2. The Bertz CT molecular complexity index is 624. The number of carbonyl (C=O) groups is 2. The van der Waals surface area contributed by atoms with Crippen LogP contribution in [0.1, 0.15) is 29.5 Å². The maximum absolute atomic E-state index is 12.4. The van der Waals surface area contributed by atoms with Gasteiger partial charge in [0.2, 0.25) is 11.8 Å². The molecule has 3 aliphatic rings. The molecule has 1 N–H and O–H groups in total. The minimum Gasteiger partial charge on any atom is -0.309 e. The summed E-state index contributed by atoms with van der Waals surface area (Å²) in [6, 6.07) is 6.26. The third kappa shape index (κ3) is 2.02. The summed E-state index contributed by atoms with van der Waals surface area (Å²) in [7, 11) is 0. The van der Waals surface area contributed by atoms with E-state index in [4.69, 9.17) is 0 Å². The van der Waals surface area contributed by atoms with E-state index in [9.17, 15) is 9.59 Å². The van der Waals surface area contributed by atoms with Gasteiger partial charge in [-0.2, -0.15) is 0 Å². The molecule has 4 nitrogen and oxygen atoms in total. The molecule has 1 saturated heterocycles. The van der Waals surface area contributed by atoms with Crippen LogP contribution < -0.4 is 5.32 Å². The Morgan fingerprint density at radius 1 is 1.00 bits per heavy atom. The number of fused-ring (bicyclic) bond motifs is 2. The van der Waals surface area contributed by atoms with Gasteiger partial charge in [0.15, 0.2) is 0 Å². The zero-order chi connectivity index (χ0) is 14.4. The molecule has 1 aromatic carbocycles. The first-order valence-electron chi connectivity index (χ1n) is 7.55. The Balaban J connectivity index is 1.57. The maximum Gasteiger partial charge on any atom is 0.233 e. The number of amides is 2. The minimum atomic E-state index is -0.126. The predicted molar refractivity (Wildman–Crippen MR) is 77.9 cm³/mol. The zero-order valence-electron chi connectivity index (χ0n) is 11.8. The fourth-order valence-electron chi connectivity index (χ4n) is 3.65. The molecule has 2 aliphatic heterocycles. The van der Waals surface area contributed by atoms with E-state index < -0.39 is 0 Å². The topological polar surface area (TPSA) is 49.4 Å². The summed E-state index contributed by atoms with van der Waals surface area (Å²) in [6.45, 7) is 2.20. The number of nitrogens with zero attached hydrogens (tertiary/aromatic N) is 1. The number of hydrogen-bond acceptors (Lipinski definition) is 3. The van der Waals surface area contributed by atoms with E-state index in [2.05, 4.69) is 17.4 Å². The molecule has 4 heteroatoms. The van der Waals surface area contributed by atoms with Gasteiger partial charge in [0, 0.05) is 13.1 Å². The van der Waals surface area contributed by atoms with E-state index in [1.807, 2.05) is 18.2 Å². The van der Waals surface area contributed by atoms with Gasteiger partial charge >= 0.3 is 0 Å². The normalized spacial score (nSPS) is 27.1. The number of imide groups is 1. The van der Waals surface area contributed by atoms with Crippen LogP contribution in [0.4, 0.5) is 0 Å². The van der Waals surface area contributed by atoms with Crippen LogP contribution in [0.3, 0.4) is 0 Å². The van der Waals surface area contributed by atoms with E-state index in [1.165, 1.54) is 16.0 Å². The fourth-order valence-corrected chi connectivity index (χ4v) is 3.65. The van der Waals surface area contributed by atoms with Crippen LogP contribution in [0, 0.1) is 11.8 Å². The number of nitrogens with one attached hydrogen (secondary N) is 1. The van der Waals surface area contributed by atoms with Crippen LogP contribution in [-0.4, -0.2) is 16.7 Å². The summed E-state index contributed by atoms with van der Waals surface area (Å²) in [4.78, 5) is 26.4. The number of rotatable bonds is 2. The lowest BCUT2D eigenvalue weighted by atomic mass is 9.85. The Morgan fingerprint density at radius 3 is 2.38 bits per heavy atom. The molecular weight excluding hydrogens is 264 g/mol. The van der Waals surface area contributed by atoms with E-state index in [0.29, 0.717) is 19.4 Å². The molecule has 0 saturated carbocycles. The van der Waals surface area contributed by atoms with Crippen molar-refractivity contribution in [1.82, 2.24) is 10.2 Å².